The quantitative estimate of drug-likeness (QED) is 0.696. The van der Waals surface area contributed by atoms with Crippen molar-refractivity contribution in [3.8, 4) is 0 Å². The Hall–Kier alpha value is -0.880. The first kappa shape index (κ1) is 13.2. The van der Waals surface area contributed by atoms with Gasteiger partial charge in [-0.05, 0) is 12.3 Å². The number of hydrogen-bond acceptors (Lipinski definition) is 3. The van der Waals surface area contributed by atoms with Gasteiger partial charge in [0.05, 0.1) is 11.7 Å². The van der Waals surface area contributed by atoms with E-state index in [1.54, 1.807) is 6.08 Å². The van der Waals surface area contributed by atoms with E-state index in [4.69, 9.17) is 5.11 Å². The van der Waals surface area contributed by atoms with E-state index in [-0.39, 0.29) is 17.7 Å². The summed E-state index contributed by atoms with van der Waals surface area (Å²) in [6.07, 6.45) is 3.44. The highest BCUT2D eigenvalue weighted by molar-refractivity contribution is 7.89. The van der Waals surface area contributed by atoms with E-state index in [0.717, 1.165) is 0 Å². The van der Waals surface area contributed by atoms with Crippen molar-refractivity contribution in [2.45, 2.75) is 26.3 Å². The molecular weight excluding hydrogens is 230 g/mol. The van der Waals surface area contributed by atoms with Gasteiger partial charge in [0.2, 0.25) is 10.0 Å². The van der Waals surface area contributed by atoms with Crippen molar-refractivity contribution in [1.82, 2.24) is 4.72 Å². The summed E-state index contributed by atoms with van der Waals surface area (Å²) in [7, 11) is -3.31. The molecule has 0 spiro atoms. The molecule has 0 aliphatic heterocycles. The first-order valence-corrected chi connectivity index (χ1v) is 6.86. The summed E-state index contributed by atoms with van der Waals surface area (Å²) in [5.74, 6) is -1.37. The standard InChI is InChI=1S/C10H17NO4S/c1-7(2)6-16(14,15)11-9-4-3-8(5-9)10(12)13/h3-4,7-9,11H,5-6H2,1-2H3,(H,12,13). The van der Waals surface area contributed by atoms with Crippen LogP contribution in [-0.2, 0) is 14.8 Å². The molecule has 0 aromatic carbocycles. The van der Waals surface area contributed by atoms with Crippen LogP contribution in [0.5, 0.6) is 0 Å². The number of rotatable bonds is 5. The average Bonchev–Trinajstić information content (AvgIpc) is 2.48. The van der Waals surface area contributed by atoms with Gasteiger partial charge >= 0.3 is 5.97 Å². The maximum atomic E-state index is 11.6. The van der Waals surface area contributed by atoms with Crippen LogP contribution in [-0.4, -0.2) is 31.3 Å². The summed E-state index contributed by atoms with van der Waals surface area (Å²) in [4.78, 5) is 10.7. The fourth-order valence-corrected chi connectivity index (χ4v) is 3.30. The summed E-state index contributed by atoms with van der Waals surface area (Å²) in [5, 5.41) is 8.75. The second-order valence-electron chi connectivity index (χ2n) is 4.46. The van der Waals surface area contributed by atoms with Crippen LogP contribution in [0.15, 0.2) is 12.2 Å². The lowest BCUT2D eigenvalue weighted by Gasteiger charge is -2.13. The van der Waals surface area contributed by atoms with Gasteiger partial charge in [0.25, 0.3) is 0 Å². The fraction of sp³-hybridized carbons (Fsp3) is 0.700. The van der Waals surface area contributed by atoms with Crippen molar-refractivity contribution in [3.05, 3.63) is 12.2 Å². The third-order valence-electron chi connectivity index (χ3n) is 2.28. The molecule has 6 heteroatoms. The lowest BCUT2D eigenvalue weighted by Crippen LogP contribution is -2.36. The van der Waals surface area contributed by atoms with Gasteiger partial charge in [-0.15, -0.1) is 0 Å². The summed E-state index contributed by atoms with van der Waals surface area (Å²) in [6, 6.07) is -0.384. The number of sulfonamides is 1. The monoisotopic (exact) mass is 247 g/mol. The van der Waals surface area contributed by atoms with E-state index in [9.17, 15) is 13.2 Å². The van der Waals surface area contributed by atoms with Crippen LogP contribution in [0.3, 0.4) is 0 Å². The van der Waals surface area contributed by atoms with Crippen molar-refractivity contribution in [1.29, 1.82) is 0 Å². The lowest BCUT2D eigenvalue weighted by molar-refractivity contribution is -0.140. The molecule has 0 aromatic heterocycles. The van der Waals surface area contributed by atoms with E-state index in [1.807, 2.05) is 13.8 Å². The Balaban J connectivity index is 2.52. The Bertz CT molecular complexity index is 386. The molecule has 0 saturated carbocycles. The molecule has 5 nitrogen and oxygen atoms in total. The third kappa shape index (κ3) is 3.94. The molecule has 0 fully saturated rings. The van der Waals surface area contributed by atoms with Crippen molar-refractivity contribution in [2.24, 2.45) is 11.8 Å². The lowest BCUT2D eigenvalue weighted by atomic mass is 10.1. The number of carboxylic acids is 1. The molecule has 0 aromatic rings. The van der Waals surface area contributed by atoms with Crippen LogP contribution >= 0.6 is 0 Å². The summed E-state index contributed by atoms with van der Waals surface area (Å²) < 4.78 is 25.7. The topological polar surface area (TPSA) is 83.5 Å². The zero-order chi connectivity index (χ0) is 12.3. The van der Waals surface area contributed by atoms with E-state index < -0.39 is 21.9 Å². The maximum absolute atomic E-state index is 11.6. The number of aliphatic carboxylic acids is 1. The largest absolute Gasteiger partial charge is 0.481 e. The highest BCUT2D eigenvalue weighted by Crippen LogP contribution is 2.18. The molecule has 1 aliphatic rings. The zero-order valence-electron chi connectivity index (χ0n) is 9.38. The predicted molar refractivity (Wildman–Crippen MR) is 60.4 cm³/mol. The van der Waals surface area contributed by atoms with Gasteiger partial charge in [-0.1, -0.05) is 26.0 Å². The smallest absolute Gasteiger partial charge is 0.310 e. The minimum absolute atomic E-state index is 0.0538. The van der Waals surface area contributed by atoms with E-state index in [0.29, 0.717) is 6.42 Å². The van der Waals surface area contributed by atoms with E-state index in [2.05, 4.69) is 4.72 Å². The number of hydrogen-bond donors (Lipinski definition) is 2. The van der Waals surface area contributed by atoms with Crippen molar-refractivity contribution < 1.29 is 18.3 Å². The van der Waals surface area contributed by atoms with Gasteiger partial charge < -0.3 is 5.11 Å². The van der Waals surface area contributed by atoms with E-state index in [1.165, 1.54) is 6.08 Å². The van der Waals surface area contributed by atoms with Crippen molar-refractivity contribution >= 4 is 16.0 Å². The molecule has 1 rings (SSSR count). The van der Waals surface area contributed by atoms with E-state index >= 15 is 0 Å². The Morgan fingerprint density at radius 1 is 1.50 bits per heavy atom. The summed E-state index contributed by atoms with van der Waals surface area (Å²) in [6.45, 7) is 3.65. The summed E-state index contributed by atoms with van der Waals surface area (Å²) >= 11 is 0. The molecule has 2 N–H and O–H groups in total. The first-order chi connectivity index (χ1) is 7.30. The van der Waals surface area contributed by atoms with Gasteiger partial charge in [0.1, 0.15) is 0 Å². The summed E-state index contributed by atoms with van der Waals surface area (Å²) in [5.41, 5.74) is 0. The van der Waals surface area contributed by atoms with Crippen LogP contribution in [0.1, 0.15) is 20.3 Å². The number of carbonyl (C=O) groups is 1. The molecule has 0 radical (unpaired) electrons. The van der Waals surface area contributed by atoms with Gasteiger partial charge in [0, 0.05) is 6.04 Å². The third-order valence-corrected chi connectivity index (χ3v) is 4.05. The highest BCUT2D eigenvalue weighted by atomic mass is 32.2. The van der Waals surface area contributed by atoms with Crippen LogP contribution in [0.25, 0.3) is 0 Å². The Kier molecular flexibility index (Phi) is 4.09. The molecular formula is C10H17NO4S. The van der Waals surface area contributed by atoms with Gasteiger partial charge in [-0.3, -0.25) is 4.79 Å². The average molecular weight is 247 g/mol. The second-order valence-corrected chi connectivity index (χ2v) is 6.26. The zero-order valence-corrected chi connectivity index (χ0v) is 10.2. The van der Waals surface area contributed by atoms with Crippen LogP contribution in [0.4, 0.5) is 0 Å². The highest BCUT2D eigenvalue weighted by Gasteiger charge is 2.27. The van der Waals surface area contributed by atoms with Gasteiger partial charge in [-0.2, -0.15) is 0 Å². The van der Waals surface area contributed by atoms with Crippen molar-refractivity contribution in [2.75, 3.05) is 5.75 Å². The molecule has 0 bridgehead atoms. The van der Waals surface area contributed by atoms with Crippen LogP contribution in [0.2, 0.25) is 0 Å². The molecule has 16 heavy (non-hydrogen) atoms. The molecule has 0 amide bonds. The Morgan fingerprint density at radius 2 is 2.12 bits per heavy atom. The SMILES string of the molecule is CC(C)CS(=O)(=O)NC1C=CC(C(=O)O)C1. The van der Waals surface area contributed by atoms with Gasteiger partial charge in [-0.25, -0.2) is 13.1 Å². The molecule has 1 aliphatic carbocycles. The van der Waals surface area contributed by atoms with Gasteiger partial charge in [0.15, 0.2) is 0 Å². The molecule has 2 unspecified atom stereocenters. The van der Waals surface area contributed by atoms with Crippen LogP contribution < -0.4 is 4.72 Å². The number of nitrogens with one attached hydrogen (secondary N) is 1. The predicted octanol–water partition coefficient (Wildman–Crippen LogP) is 0.591. The molecule has 0 saturated heterocycles. The van der Waals surface area contributed by atoms with Crippen LogP contribution in [0, 0.1) is 11.8 Å². The Morgan fingerprint density at radius 3 is 2.56 bits per heavy atom. The first-order valence-electron chi connectivity index (χ1n) is 5.21. The number of carboxylic acid groups (broad SMARTS) is 1. The molecule has 0 heterocycles. The fourth-order valence-electron chi connectivity index (χ4n) is 1.69. The minimum Gasteiger partial charge on any atom is -0.481 e. The molecule has 92 valence electrons. The maximum Gasteiger partial charge on any atom is 0.310 e. The molecule has 2 atom stereocenters. The normalized spacial score (nSPS) is 25.2. The Labute approximate surface area is 95.6 Å². The second kappa shape index (κ2) is 4.97. The minimum atomic E-state index is -3.31. The van der Waals surface area contributed by atoms with Crippen molar-refractivity contribution in [3.63, 3.8) is 0 Å².